The largest absolute Gasteiger partial charge is 0.380 e. The first-order valence-corrected chi connectivity index (χ1v) is 6.04. The van der Waals surface area contributed by atoms with Gasteiger partial charge in [0.2, 0.25) is 0 Å². The van der Waals surface area contributed by atoms with Crippen LogP contribution in [0.3, 0.4) is 0 Å². The molecule has 6 heteroatoms. The Kier molecular flexibility index (Phi) is 2.56. The molecule has 0 aromatic carbocycles. The predicted molar refractivity (Wildman–Crippen MR) is 67.4 cm³/mol. The predicted octanol–water partition coefficient (Wildman–Crippen LogP) is 3.19. The standard InChI is InChI=1S/C12H8FN3OS/c13-7-3-4-8(15-6-7)11-10(12(14)16-17-11)9-2-1-5-18-9/h1-6H,(H2,14,16). The van der Waals surface area contributed by atoms with Crippen molar-refractivity contribution in [1.29, 1.82) is 0 Å². The third-order valence-electron chi connectivity index (χ3n) is 2.45. The SMILES string of the molecule is Nc1noc(-c2ccc(F)cn2)c1-c1cccs1. The van der Waals surface area contributed by atoms with Crippen molar-refractivity contribution in [2.24, 2.45) is 0 Å². The Bertz CT molecular complexity index is 661. The van der Waals surface area contributed by atoms with Gasteiger partial charge in [-0.05, 0) is 23.6 Å². The van der Waals surface area contributed by atoms with E-state index in [0.29, 0.717) is 22.8 Å². The molecule has 0 radical (unpaired) electrons. The van der Waals surface area contributed by atoms with E-state index in [9.17, 15) is 4.39 Å². The molecule has 0 spiro atoms. The van der Waals surface area contributed by atoms with Gasteiger partial charge in [0.1, 0.15) is 11.5 Å². The number of rotatable bonds is 2. The molecule has 3 rings (SSSR count). The number of halogens is 1. The van der Waals surface area contributed by atoms with Crippen molar-refractivity contribution in [1.82, 2.24) is 10.1 Å². The molecular formula is C12H8FN3OS. The highest BCUT2D eigenvalue weighted by Gasteiger charge is 2.19. The quantitative estimate of drug-likeness (QED) is 0.769. The van der Waals surface area contributed by atoms with Crippen LogP contribution in [-0.2, 0) is 0 Å². The molecule has 0 aliphatic heterocycles. The minimum Gasteiger partial charge on any atom is -0.380 e. The van der Waals surface area contributed by atoms with Gasteiger partial charge in [-0.1, -0.05) is 11.2 Å². The van der Waals surface area contributed by atoms with Crippen LogP contribution < -0.4 is 5.73 Å². The second-order valence-corrected chi connectivity index (χ2v) is 4.56. The number of pyridine rings is 1. The van der Waals surface area contributed by atoms with Gasteiger partial charge in [-0.25, -0.2) is 9.37 Å². The van der Waals surface area contributed by atoms with Crippen molar-refractivity contribution >= 4 is 17.2 Å². The van der Waals surface area contributed by atoms with E-state index in [1.165, 1.54) is 23.5 Å². The number of nitrogen functional groups attached to an aromatic ring is 1. The second kappa shape index (κ2) is 4.23. The van der Waals surface area contributed by atoms with Crippen LogP contribution in [0.5, 0.6) is 0 Å². The number of nitrogens with two attached hydrogens (primary N) is 1. The smallest absolute Gasteiger partial charge is 0.196 e. The first kappa shape index (κ1) is 10.9. The maximum absolute atomic E-state index is 12.9. The van der Waals surface area contributed by atoms with E-state index in [-0.39, 0.29) is 0 Å². The van der Waals surface area contributed by atoms with Gasteiger partial charge in [0.05, 0.1) is 11.8 Å². The van der Waals surface area contributed by atoms with Crippen LogP contribution in [0.4, 0.5) is 10.2 Å². The van der Waals surface area contributed by atoms with E-state index < -0.39 is 5.82 Å². The van der Waals surface area contributed by atoms with Crippen molar-refractivity contribution in [3.63, 3.8) is 0 Å². The Balaban J connectivity index is 2.16. The van der Waals surface area contributed by atoms with Crippen molar-refractivity contribution in [3.8, 4) is 21.9 Å². The van der Waals surface area contributed by atoms with Crippen LogP contribution in [0.25, 0.3) is 21.9 Å². The number of nitrogens with zero attached hydrogens (tertiary/aromatic N) is 2. The normalized spacial score (nSPS) is 10.7. The van der Waals surface area contributed by atoms with Gasteiger partial charge < -0.3 is 10.3 Å². The van der Waals surface area contributed by atoms with Gasteiger partial charge in [-0.3, -0.25) is 0 Å². The Labute approximate surface area is 106 Å². The van der Waals surface area contributed by atoms with Crippen LogP contribution in [0.1, 0.15) is 0 Å². The molecule has 0 fully saturated rings. The monoisotopic (exact) mass is 261 g/mol. The van der Waals surface area contributed by atoms with E-state index >= 15 is 0 Å². The van der Waals surface area contributed by atoms with Crippen LogP contribution >= 0.6 is 11.3 Å². The number of aromatic nitrogens is 2. The molecule has 18 heavy (non-hydrogen) atoms. The van der Waals surface area contributed by atoms with Crippen molar-refractivity contribution < 1.29 is 8.91 Å². The van der Waals surface area contributed by atoms with Gasteiger partial charge in [0.25, 0.3) is 0 Å². The fraction of sp³-hybridized carbons (Fsp3) is 0. The van der Waals surface area contributed by atoms with E-state index in [1.54, 1.807) is 0 Å². The van der Waals surface area contributed by atoms with E-state index in [4.69, 9.17) is 10.3 Å². The summed E-state index contributed by atoms with van der Waals surface area (Å²) in [5.41, 5.74) is 7.00. The van der Waals surface area contributed by atoms with Crippen molar-refractivity contribution in [2.75, 3.05) is 5.73 Å². The molecular weight excluding hydrogens is 253 g/mol. The topological polar surface area (TPSA) is 64.9 Å². The molecule has 90 valence electrons. The van der Waals surface area contributed by atoms with Gasteiger partial charge in [0.15, 0.2) is 11.6 Å². The number of hydrogen-bond acceptors (Lipinski definition) is 5. The zero-order valence-corrected chi connectivity index (χ0v) is 9.95. The molecule has 0 aliphatic carbocycles. The maximum atomic E-state index is 12.9. The molecule has 0 saturated carbocycles. The number of anilines is 1. The molecule has 0 unspecified atom stereocenters. The van der Waals surface area contributed by atoms with Gasteiger partial charge in [-0.2, -0.15) is 0 Å². The lowest BCUT2D eigenvalue weighted by atomic mass is 10.1. The number of thiophene rings is 1. The molecule has 0 amide bonds. The van der Waals surface area contributed by atoms with E-state index in [0.717, 1.165) is 11.1 Å². The number of hydrogen-bond donors (Lipinski definition) is 1. The molecule has 4 nitrogen and oxygen atoms in total. The molecule has 0 bridgehead atoms. The first-order valence-electron chi connectivity index (χ1n) is 5.16. The van der Waals surface area contributed by atoms with Crippen LogP contribution in [0.15, 0.2) is 40.4 Å². The fourth-order valence-electron chi connectivity index (χ4n) is 1.65. The molecule has 0 saturated heterocycles. The Hall–Kier alpha value is -2.21. The zero-order valence-electron chi connectivity index (χ0n) is 9.13. The van der Waals surface area contributed by atoms with Crippen molar-refractivity contribution in [3.05, 3.63) is 41.7 Å². The lowest BCUT2D eigenvalue weighted by Crippen LogP contribution is -1.88. The molecule has 3 aromatic heterocycles. The molecule has 3 aromatic rings. The molecule has 2 N–H and O–H groups in total. The van der Waals surface area contributed by atoms with Crippen LogP contribution in [0.2, 0.25) is 0 Å². The average Bonchev–Trinajstić information content (AvgIpc) is 2.99. The second-order valence-electron chi connectivity index (χ2n) is 3.61. The van der Waals surface area contributed by atoms with Gasteiger partial charge in [0, 0.05) is 4.88 Å². The summed E-state index contributed by atoms with van der Waals surface area (Å²) in [7, 11) is 0. The van der Waals surface area contributed by atoms with Crippen molar-refractivity contribution in [2.45, 2.75) is 0 Å². The highest BCUT2D eigenvalue weighted by Crippen LogP contribution is 2.37. The van der Waals surface area contributed by atoms with E-state index in [1.807, 2.05) is 17.5 Å². The third kappa shape index (κ3) is 1.76. The summed E-state index contributed by atoms with van der Waals surface area (Å²) in [5, 5.41) is 5.68. The van der Waals surface area contributed by atoms with E-state index in [2.05, 4.69) is 10.1 Å². The summed E-state index contributed by atoms with van der Waals surface area (Å²) in [6.45, 7) is 0. The molecule has 0 atom stereocenters. The summed E-state index contributed by atoms with van der Waals surface area (Å²) in [4.78, 5) is 4.91. The Morgan fingerprint density at radius 3 is 2.83 bits per heavy atom. The van der Waals surface area contributed by atoms with Gasteiger partial charge >= 0.3 is 0 Å². The summed E-state index contributed by atoms with van der Waals surface area (Å²) in [6, 6.07) is 6.68. The Morgan fingerprint density at radius 2 is 2.17 bits per heavy atom. The highest BCUT2D eigenvalue weighted by atomic mass is 32.1. The summed E-state index contributed by atoms with van der Waals surface area (Å²) in [6.07, 6.45) is 1.13. The minimum atomic E-state index is -0.399. The zero-order chi connectivity index (χ0) is 12.5. The lowest BCUT2D eigenvalue weighted by Gasteiger charge is -1.99. The summed E-state index contributed by atoms with van der Waals surface area (Å²) >= 11 is 1.52. The van der Waals surface area contributed by atoms with Crippen LogP contribution in [-0.4, -0.2) is 10.1 Å². The highest BCUT2D eigenvalue weighted by molar-refractivity contribution is 7.13. The Morgan fingerprint density at radius 1 is 1.28 bits per heavy atom. The first-order chi connectivity index (χ1) is 8.75. The third-order valence-corrected chi connectivity index (χ3v) is 3.33. The molecule has 3 heterocycles. The molecule has 0 aliphatic rings. The fourth-order valence-corrected chi connectivity index (χ4v) is 2.42. The summed E-state index contributed by atoms with van der Waals surface area (Å²) in [5.74, 6) is 0.359. The average molecular weight is 261 g/mol. The minimum absolute atomic E-state index is 0.304. The maximum Gasteiger partial charge on any atom is 0.196 e. The lowest BCUT2D eigenvalue weighted by molar-refractivity contribution is 0.434. The summed E-state index contributed by atoms with van der Waals surface area (Å²) < 4.78 is 18.0. The van der Waals surface area contributed by atoms with Crippen LogP contribution in [0, 0.1) is 5.82 Å². The van der Waals surface area contributed by atoms with Gasteiger partial charge in [-0.15, -0.1) is 11.3 Å².